The fraction of sp³-hybridized carbons (Fsp3) is 0.517. The van der Waals surface area contributed by atoms with Crippen LogP contribution in [0, 0.1) is 10.8 Å². The van der Waals surface area contributed by atoms with Gasteiger partial charge in [0.1, 0.15) is 6.33 Å². The van der Waals surface area contributed by atoms with Crippen molar-refractivity contribution in [2.75, 3.05) is 61.0 Å². The highest BCUT2D eigenvalue weighted by molar-refractivity contribution is 8.24. The van der Waals surface area contributed by atoms with Crippen molar-refractivity contribution in [2.45, 2.75) is 33.6 Å². The smallest absolute Gasteiger partial charge is 0.335 e. The number of fused-ring (bicyclic) bond motifs is 1. The number of anilines is 2. The summed E-state index contributed by atoms with van der Waals surface area (Å²) in [4.78, 5) is 29.3. The number of aromatic nitrogens is 3. The summed E-state index contributed by atoms with van der Waals surface area (Å²) < 4.78 is 19.6. The summed E-state index contributed by atoms with van der Waals surface area (Å²) in [6.07, 6.45) is 7.97. The van der Waals surface area contributed by atoms with E-state index in [1.165, 1.54) is 11.1 Å². The van der Waals surface area contributed by atoms with E-state index in [1.54, 1.807) is 18.5 Å². The molecular formula is C29H40N6O4S. The van der Waals surface area contributed by atoms with E-state index in [4.69, 9.17) is 4.98 Å². The van der Waals surface area contributed by atoms with Crippen molar-refractivity contribution in [1.82, 2.24) is 19.9 Å². The summed E-state index contributed by atoms with van der Waals surface area (Å²) in [5.74, 6) is 1.25. The SMILES string of the molecule is CC1(C)C(c2ccc(C(=O)O)cc2)=CC[C@]2(C)CN(c3ncnc(NCCCN4CCS(O)(O)CC4)n3)CC=C12. The van der Waals surface area contributed by atoms with Crippen LogP contribution in [-0.4, -0.2) is 90.8 Å². The number of nitrogens with zero attached hydrogens (tertiary/aromatic N) is 5. The molecule has 2 aromatic rings. The highest BCUT2D eigenvalue weighted by atomic mass is 32.3. The molecule has 11 heteroatoms. The fourth-order valence-electron chi connectivity index (χ4n) is 6.37. The number of aromatic carboxylic acids is 1. The number of rotatable bonds is 8. The third-order valence-corrected chi connectivity index (χ3v) is 10.2. The number of nitrogens with one attached hydrogen (secondary N) is 1. The lowest BCUT2D eigenvalue weighted by Crippen LogP contribution is -2.47. The van der Waals surface area contributed by atoms with Gasteiger partial charge in [-0.3, -0.25) is 9.11 Å². The molecule has 216 valence electrons. The highest BCUT2D eigenvalue weighted by Crippen LogP contribution is 2.55. The summed E-state index contributed by atoms with van der Waals surface area (Å²) >= 11 is 0. The van der Waals surface area contributed by atoms with Crippen LogP contribution in [0.3, 0.4) is 0 Å². The number of allylic oxidation sites excluding steroid dienone is 2. The maximum atomic E-state index is 11.3. The highest BCUT2D eigenvalue weighted by Gasteiger charge is 2.46. The minimum Gasteiger partial charge on any atom is -0.478 e. The van der Waals surface area contributed by atoms with Gasteiger partial charge in [0.05, 0.1) is 17.1 Å². The van der Waals surface area contributed by atoms with Gasteiger partial charge in [-0.1, -0.05) is 50.6 Å². The largest absolute Gasteiger partial charge is 0.478 e. The number of hydrogen-bond acceptors (Lipinski definition) is 9. The monoisotopic (exact) mass is 568 g/mol. The average Bonchev–Trinajstić information content (AvgIpc) is 2.91. The van der Waals surface area contributed by atoms with E-state index in [1.807, 2.05) is 12.1 Å². The Hall–Kier alpha value is -2.99. The second kappa shape index (κ2) is 11.1. The Morgan fingerprint density at radius 2 is 1.80 bits per heavy atom. The standard InChI is InChI=1S/C29H40N6O4S/c1-28(2)23(21-5-7-22(8-6-21)25(36)37)9-11-29(3)19-35(14-10-24(28)29)27-32-20-31-26(33-27)30-12-4-13-34-15-17-40(38,39)18-16-34/h5-10,20,38-39H,4,11-19H2,1-3H3,(H,36,37)(H,30,31,32,33)/t29-/m1/s1. The lowest BCUT2D eigenvalue weighted by molar-refractivity contribution is 0.0697. The molecule has 3 aliphatic rings. The minimum absolute atomic E-state index is 0.0800. The molecule has 0 amide bonds. The Morgan fingerprint density at radius 1 is 1.07 bits per heavy atom. The number of carboxylic acids is 1. The second-order valence-corrected chi connectivity index (χ2v) is 14.3. The molecule has 3 heterocycles. The molecule has 1 aromatic heterocycles. The quantitative estimate of drug-likeness (QED) is 0.262. The molecule has 1 aromatic carbocycles. The third-order valence-electron chi connectivity index (χ3n) is 8.50. The number of hydrogen-bond donors (Lipinski definition) is 4. The summed E-state index contributed by atoms with van der Waals surface area (Å²) in [5.41, 5.74) is 3.70. The Balaban J connectivity index is 1.21. The molecular weight excluding hydrogens is 528 g/mol. The van der Waals surface area contributed by atoms with Gasteiger partial charge in [0.2, 0.25) is 11.9 Å². The lowest BCUT2D eigenvalue weighted by Gasteiger charge is -2.50. The van der Waals surface area contributed by atoms with Crippen molar-refractivity contribution in [1.29, 1.82) is 0 Å². The topological polar surface area (TPSA) is 135 Å². The molecule has 0 radical (unpaired) electrons. The molecule has 4 N–H and O–H groups in total. The van der Waals surface area contributed by atoms with Gasteiger partial charge in [0.25, 0.3) is 0 Å². The summed E-state index contributed by atoms with van der Waals surface area (Å²) in [6, 6.07) is 7.18. The first-order chi connectivity index (χ1) is 19.0. The maximum Gasteiger partial charge on any atom is 0.335 e. The molecule has 0 bridgehead atoms. The van der Waals surface area contributed by atoms with E-state index in [0.29, 0.717) is 35.5 Å². The van der Waals surface area contributed by atoms with Gasteiger partial charge in [-0.25, -0.2) is 14.8 Å². The first-order valence-corrected chi connectivity index (χ1v) is 15.7. The van der Waals surface area contributed by atoms with Crippen LogP contribution in [-0.2, 0) is 0 Å². The van der Waals surface area contributed by atoms with E-state index < -0.39 is 16.6 Å². The van der Waals surface area contributed by atoms with E-state index in [-0.39, 0.29) is 10.8 Å². The molecule has 0 saturated carbocycles. The predicted octanol–water partition coefficient (Wildman–Crippen LogP) is 4.70. The lowest BCUT2D eigenvalue weighted by atomic mass is 9.58. The zero-order chi connectivity index (χ0) is 28.5. The zero-order valence-electron chi connectivity index (χ0n) is 23.5. The Morgan fingerprint density at radius 3 is 2.50 bits per heavy atom. The summed E-state index contributed by atoms with van der Waals surface area (Å²) in [7, 11) is -2.36. The Kier molecular flexibility index (Phi) is 7.93. The molecule has 2 aliphatic heterocycles. The van der Waals surface area contributed by atoms with Crippen molar-refractivity contribution in [3.05, 3.63) is 59.4 Å². The van der Waals surface area contributed by atoms with Gasteiger partial charge in [-0.05, 0) is 42.7 Å². The van der Waals surface area contributed by atoms with Crippen molar-refractivity contribution in [2.24, 2.45) is 10.8 Å². The van der Waals surface area contributed by atoms with Crippen LogP contribution in [0.15, 0.2) is 48.3 Å². The van der Waals surface area contributed by atoms with Crippen LogP contribution >= 0.6 is 10.6 Å². The van der Waals surface area contributed by atoms with Crippen molar-refractivity contribution >= 4 is 34.0 Å². The Labute approximate surface area is 237 Å². The Bertz CT molecular complexity index is 1300. The predicted molar refractivity (Wildman–Crippen MR) is 160 cm³/mol. The van der Waals surface area contributed by atoms with Crippen LogP contribution < -0.4 is 10.2 Å². The van der Waals surface area contributed by atoms with Gasteiger partial charge < -0.3 is 20.2 Å². The van der Waals surface area contributed by atoms with Crippen molar-refractivity contribution in [3.8, 4) is 0 Å². The molecule has 1 saturated heterocycles. The number of benzene rings is 1. The molecule has 0 unspecified atom stereocenters. The molecule has 1 atom stereocenters. The van der Waals surface area contributed by atoms with Crippen LogP contribution in [0.4, 0.5) is 11.9 Å². The van der Waals surface area contributed by atoms with E-state index >= 15 is 0 Å². The normalized spacial score (nSPS) is 24.9. The molecule has 10 nitrogen and oxygen atoms in total. The van der Waals surface area contributed by atoms with E-state index in [0.717, 1.165) is 51.1 Å². The van der Waals surface area contributed by atoms with Gasteiger partial charge in [-0.15, -0.1) is 0 Å². The van der Waals surface area contributed by atoms with Crippen LogP contribution in [0.2, 0.25) is 0 Å². The van der Waals surface area contributed by atoms with Crippen LogP contribution in [0.5, 0.6) is 0 Å². The van der Waals surface area contributed by atoms with Crippen LogP contribution in [0.25, 0.3) is 5.57 Å². The fourth-order valence-corrected chi connectivity index (χ4v) is 7.68. The van der Waals surface area contributed by atoms with Crippen LogP contribution in [0.1, 0.15) is 49.5 Å². The van der Waals surface area contributed by atoms with E-state index in [2.05, 4.69) is 58.0 Å². The molecule has 40 heavy (non-hydrogen) atoms. The number of carboxylic acid groups (broad SMARTS) is 1. The second-order valence-electron chi connectivity index (χ2n) is 11.8. The van der Waals surface area contributed by atoms with Crippen molar-refractivity contribution < 1.29 is 19.0 Å². The zero-order valence-corrected chi connectivity index (χ0v) is 24.3. The molecule has 1 aliphatic carbocycles. The van der Waals surface area contributed by atoms with Gasteiger partial charge in [0, 0.05) is 43.6 Å². The average molecular weight is 569 g/mol. The first-order valence-electron chi connectivity index (χ1n) is 13.9. The molecule has 1 fully saturated rings. The van der Waals surface area contributed by atoms with Crippen molar-refractivity contribution in [3.63, 3.8) is 0 Å². The maximum absolute atomic E-state index is 11.3. The third kappa shape index (κ3) is 6.02. The molecule has 5 rings (SSSR count). The summed E-state index contributed by atoms with van der Waals surface area (Å²) in [6.45, 7) is 11.4. The summed E-state index contributed by atoms with van der Waals surface area (Å²) in [5, 5.41) is 12.6. The van der Waals surface area contributed by atoms with E-state index in [9.17, 15) is 19.0 Å². The van der Waals surface area contributed by atoms with Gasteiger partial charge in [-0.2, -0.15) is 15.6 Å². The first kappa shape index (κ1) is 28.5. The molecule has 0 spiro atoms. The van der Waals surface area contributed by atoms with Gasteiger partial charge >= 0.3 is 5.97 Å². The minimum atomic E-state index is -2.36. The number of carbonyl (C=O) groups is 1. The van der Waals surface area contributed by atoms with Gasteiger partial charge in [0.15, 0.2) is 0 Å².